The lowest BCUT2D eigenvalue weighted by Crippen LogP contribution is -2.52. The lowest BCUT2D eigenvalue weighted by molar-refractivity contribution is -0.138. The minimum absolute atomic E-state index is 0.108. The molecule has 1 aliphatic rings. The standard InChI is InChI=1S/C11H15N3O3/c1-11(2)10(16)14(6-4-9(15)13-11)7-8-3-5-12-17-8/h3,5H,4,6-7H2,1-2H3,(H,13,15). The highest BCUT2D eigenvalue weighted by atomic mass is 16.5. The fraction of sp³-hybridized carbons (Fsp3) is 0.545. The maximum absolute atomic E-state index is 12.2. The fourth-order valence-corrected chi connectivity index (χ4v) is 1.86. The third-order valence-electron chi connectivity index (χ3n) is 2.72. The molecule has 0 atom stereocenters. The van der Waals surface area contributed by atoms with Crippen LogP contribution in [0.3, 0.4) is 0 Å². The number of nitrogens with zero attached hydrogens (tertiary/aromatic N) is 2. The molecule has 0 aromatic carbocycles. The normalized spacial score (nSPS) is 20.0. The summed E-state index contributed by atoms with van der Waals surface area (Å²) in [6, 6.07) is 1.71. The van der Waals surface area contributed by atoms with Gasteiger partial charge in [0.25, 0.3) is 0 Å². The van der Waals surface area contributed by atoms with Crippen LogP contribution in [0.4, 0.5) is 0 Å². The quantitative estimate of drug-likeness (QED) is 0.802. The number of hydrogen-bond acceptors (Lipinski definition) is 4. The summed E-state index contributed by atoms with van der Waals surface area (Å²) >= 11 is 0. The van der Waals surface area contributed by atoms with E-state index in [-0.39, 0.29) is 11.8 Å². The van der Waals surface area contributed by atoms with E-state index < -0.39 is 5.54 Å². The van der Waals surface area contributed by atoms with Crippen LogP contribution in [-0.2, 0) is 16.1 Å². The molecular weight excluding hydrogens is 222 g/mol. The van der Waals surface area contributed by atoms with E-state index in [9.17, 15) is 9.59 Å². The van der Waals surface area contributed by atoms with Gasteiger partial charge in [0, 0.05) is 19.0 Å². The third-order valence-corrected chi connectivity index (χ3v) is 2.72. The molecule has 0 bridgehead atoms. The molecule has 1 saturated heterocycles. The van der Waals surface area contributed by atoms with Crippen molar-refractivity contribution in [3.8, 4) is 0 Å². The van der Waals surface area contributed by atoms with E-state index in [1.54, 1.807) is 24.8 Å². The summed E-state index contributed by atoms with van der Waals surface area (Å²) in [5.41, 5.74) is -0.867. The first-order valence-electron chi connectivity index (χ1n) is 5.49. The molecule has 1 aromatic heterocycles. The second kappa shape index (κ2) is 4.20. The SMILES string of the molecule is CC1(C)NC(=O)CCN(Cc2ccno2)C1=O. The van der Waals surface area contributed by atoms with Crippen molar-refractivity contribution in [1.29, 1.82) is 0 Å². The average Bonchev–Trinajstić information content (AvgIpc) is 2.71. The zero-order valence-electron chi connectivity index (χ0n) is 9.90. The second-order valence-corrected chi connectivity index (χ2v) is 4.63. The van der Waals surface area contributed by atoms with Gasteiger partial charge in [-0.3, -0.25) is 9.59 Å². The highest BCUT2D eigenvalue weighted by molar-refractivity contribution is 5.92. The van der Waals surface area contributed by atoms with E-state index in [4.69, 9.17) is 4.52 Å². The van der Waals surface area contributed by atoms with Crippen LogP contribution in [0.1, 0.15) is 26.0 Å². The van der Waals surface area contributed by atoms with Gasteiger partial charge < -0.3 is 14.7 Å². The molecule has 2 amide bonds. The van der Waals surface area contributed by atoms with Crippen molar-refractivity contribution in [2.45, 2.75) is 32.4 Å². The first kappa shape index (κ1) is 11.6. The van der Waals surface area contributed by atoms with Gasteiger partial charge in [-0.15, -0.1) is 0 Å². The van der Waals surface area contributed by atoms with Crippen LogP contribution in [0.25, 0.3) is 0 Å². The summed E-state index contributed by atoms with van der Waals surface area (Å²) in [6.07, 6.45) is 1.84. The molecule has 0 spiro atoms. The zero-order valence-corrected chi connectivity index (χ0v) is 9.90. The van der Waals surface area contributed by atoms with Crippen molar-refractivity contribution in [3.63, 3.8) is 0 Å². The Bertz CT molecular complexity index is 425. The van der Waals surface area contributed by atoms with Crippen LogP contribution in [0, 0.1) is 0 Å². The van der Waals surface area contributed by atoms with Crippen molar-refractivity contribution < 1.29 is 14.1 Å². The summed E-state index contributed by atoms with van der Waals surface area (Å²) in [5.74, 6) is 0.395. The summed E-state index contributed by atoms with van der Waals surface area (Å²) in [6.45, 7) is 4.14. The topological polar surface area (TPSA) is 75.4 Å². The number of amides is 2. The monoisotopic (exact) mass is 237 g/mol. The van der Waals surface area contributed by atoms with Crippen molar-refractivity contribution in [2.75, 3.05) is 6.54 Å². The predicted molar refractivity (Wildman–Crippen MR) is 58.8 cm³/mol. The van der Waals surface area contributed by atoms with Crippen LogP contribution >= 0.6 is 0 Å². The minimum atomic E-state index is -0.867. The molecule has 1 fully saturated rings. The Kier molecular flexibility index (Phi) is 2.87. The van der Waals surface area contributed by atoms with Gasteiger partial charge in [-0.1, -0.05) is 5.16 Å². The zero-order chi connectivity index (χ0) is 12.5. The molecule has 0 radical (unpaired) electrons. The molecular formula is C11H15N3O3. The first-order valence-corrected chi connectivity index (χ1v) is 5.49. The number of rotatable bonds is 2. The Labute approximate surface area is 98.9 Å². The lowest BCUT2D eigenvalue weighted by atomic mass is 10.0. The van der Waals surface area contributed by atoms with Crippen LogP contribution in [0.2, 0.25) is 0 Å². The summed E-state index contributed by atoms with van der Waals surface area (Å²) in [7, 11) is 0. The second-order valence-electron chi connectivity index (χ2n) is 4.63. The van der Waals surface area contributed by atoms with Crippen molar-refractivity contribution in [1.82, 2.24) is 15.4 Å². The minimum Gasteiger partial charge on any atom is -0.360 e. The molecule has 6 heteroatoms. The molecule has 2 heterocycles. The maximum Gasteiger partial charge on any atom is 0.248 e. The van der Waals surface area contributed by atoms with E-state index >= 15 is 0 Å². The molecule has 1 N–H and O–H groups in total. The Hall–Kier alpha value is -1.85. The number of hydrogen-bond donors (Lipinski definition) is 1. The van der Waals surface area contributed by atoms with Crippen molar-refractivity contribution in [3.05, 3.63) is 18.0 Å². The van der Waals surface area contributed by atoms with Gasteiger partial charge in [0.15, 0.2) is 5.76 Å². The molecule has 1 aromatic rings. The summed E-state index contributed by atoms with van der Waals surface area (Å²) in [4.78, 5) is 25.3. The number of carbonyl (C=O) groups is 2. The first-order chi connectivity index (χ1) is 7.99. The van der Waals surface area contributed by atoms with E-state index in [1.165, 1.54) is 6.20 Å². The highest BCUT2D eigenvalue weighted by Crippen LogP contribution is 2.15. The molecule has 1 aliphatic heterocycles. The maximum atomic E-state index is 12.2. The van der Waals surface area contributed by atoms with E-state index in [2.05, 4.69) is 10.5 Å². The van der Waals surface area contributed by atoms with E-state index in [0.717, 1.165) is 0 Å². The summed E-state index contributed by atoms with van der Waals surface area (Å²) in [5, 5.41) is 6.29. The molecule has 17 heavy (non-hydrogen) atoms. The Morgan fingerprint density at radius 2 is 2.29 bits per heavy atom. The Morgan fingerprint density at radius 1 is 1.53 bits per heavy atom. The Morgan fingerprint density at radius 3 is 2.94 bits per heavy atom. The number of nitrogens with one attached hydrogen (secondary N) is 1. The van der Waals surface area contributed by atoms with Crippen LogP contribution in [-0.4, -0.2) is 34.0 Å². The highest BCUT2D eigenvalue weighted by Gasteiger charge is 2.36. The molecule has 0 saturated carbocycles. The van der Waals surface area contributed by atoms with E-state index in [1.807, 2.05) is 0 Å². The van der Waals surface area contributed by atoms with Gasteiger partial charge in [0.2, 0.25) is 11.8 Å². The van der Waals surface area contributed by atoms with Gasteiger partial charge in [0.05, 0.1) is 12.7 Å². The molecule has 0 unspecified atom stereocenters. The smallest absolute Gasteiger partial charge is 0.248 e. The predicted octanol–water partition coefficient (Wildman–Crippen LogP) is 0.302. The fourth-order valence-electron chi connectivity index (χ4n) is 1.86. The van der Waals surface area contributed by atoms with Gasteiger partial charge >= 0.3 is 0 Å². The largest absolute Gasteiger partial charge is 0.360 e. The Balaban J connectivity index is 2.16. The van der Waals surface area contributed by atoms with Crippen LogP contribution in [0.15, 0.2) is 16.8 Å². The molecule has 92 valence electrons. The lowest BCUT2D eigenvalue weighted by Gasteiger charge is -2.28. The molecule has 6 nitrogen and oxygen atoms in total. The number of carbonyl (C=O) groups excluding carboxylic acids is 2. The average molecular weight is 237 g/mol. The molecule has 0 aliphatic carbocycles. The van der Waals surface area contributed by atoms with Gasteiger partial charge in [-0.2, -0.15) is 0 Å². The van der Waals surface area contributed by atoms with Crippen LogP contribution < -0.4 is 5.32 Å². The van der Waals surface area contributed by atoms with Gasteiger partial charge in [-0.25, -0.2) is 0 Å². The van der Waals surface area contributed by atoms with Crippen molar-refractivity contribution in [2.24, 2.45) is 0 Å². The van der Waals surface area contributed by atoms with Gasteiger partial charge in [-0.05, 0) is 13.8 Å². The van der Waals surface area contributed by atoms with Crippen LogP contribution in [0.5, 0.6) is 0 Å². The van der Waals surface area contributed by atoms with Crippen molar-refractivity contribution >= 4 is 11.8 Å². The number of aromatic nitrogens is 1. The summed E-state index contributed by atoms with van der Waals surface area (Å²) < 4.78 is 4.97. The van der Waals surface area contributed by atoms with Gasteiger partial charge in [0.1, 0.15) is 5.54 Å². The van der Waals surface area contributed by atoms with E-state index in [0.29, 0.717) is 25.3 Å². The third kappa shape index (κ3) is 2.46. The molecule has 2 rings (SSSR count).